The number of rotatable bonds is 8. The van der Waals surface area contributed by atoms with Crippen LogP contribution in [0.4, 0.5) is 5.95 Å². The number of furan rings is 1. The molecule has 34 heavy (non-hydrogen) atoms. The van der Waals surface area contributed by atoms with E-state index in [9.17, 15) is 4.79 Å². The lowest BCUT2D eigenvalue weighted by molar-refractivity contribution is -0.119. The molecule has 1 aliphatic heterocycles. The first-order valence-electron chi connectivity index (χ1n) is 11.4. The third-order valence-electron chi connectivity index (χ3n) is 5.76. The van der Waals surface area contributed by atoms with Crippen LogP contribution in [0.25, 0.3) is 11.0 Å². The molecule has 1 aliphatic rings. The summed E-state index contributed by atoms with van der Waals surface area (Å²) in [5.41, 5.74) is 1.97. The molecule has 1 N–H and O–H groups in total. The number of hydrogen-bond acceptors (Lipinski definition) is 7. The number of nitrogens with one attached hydrogen (secondary N) is 1. The van der Waals surface area contributed by atoms with Crippen molar-refractivity contribution < 1.29 is 13.9 Å². The van der Waals surface area contributed by atoms with Crippen LogP contribution < -0.4 is 10.2 Å². The largest absolute Gasteiger partial charge is 0.459 e. The second-order valence-electron chi connectivity index (χ2n) is 8.22. The SMILES string of the molecule is C[C@@H](NC(=O)CSc1nnc(N2CCOCC2)n1Cc1ccccc1)c1cc2ccccc2o1. The highest BCUT2D eigenvalue weighted by molar-refractivity contribution is 7.99. The molecule has 0 aliphatic carbocycles. The zero-order valence-electron chi connectivity index (χ0n) is 19.0. The van der Waals surface area contributed by atoms with Crippen molar-refractivity contribution in [1.29, 1.82) is 0 Å². The number of anilines is 1. The third kappa shape index (κ3) is 5.10. The van der Waals surface area contributed by atoms with E-state index in [1.165, 1.54) is 11.8 Å². The van der Waals surface area contributed by atoms with Crippen LogP contribution in [0.5, 0.6) is 0 Å². The summed E-state index contributed by atoms with van der Waals surface area (Å²) < 4.78 is 13.5. The maximum atomic E-state index is 12.7. The number of carbonyl (C=O) groups is 1. The Balaban J connectivity index is 1.27. The van der Waals surface area contributed by atoms with Crippen molar-refractivity contribution in [2.45, 2.75) is 24.7 Å². The highest BCUT2D eigenvalue weighted by Gasteiger charge is 2.22. The molecule has 1 fully saturated rings. The minimum Gasteiger partial charge on any atom is -0.459 e. The Labute approximate surface area is 202 Å². The summed E-state index contributed by atoms with van der Waals surface area (Å²) in [6.45, 7) is 5.44. The zero-order valence-corrected chi connectivity index (χ0v) is 19.8. The van der Waals surface area contributed by atoms with Crippen molar-refractivity contribution in [2.24, 2.45) is 0 Å². The fraction of sp³-hybridized carbons (Fsp3) is 0.320. The molecule has 0 bridgehead atoms. The van der Waals surface area contributed by atoms with E-state index in [1.54, 1.807) is 0 Å². The topological polar surface area (TPSA) is 85.4 Å². The first kappa shape index (κ1) is 22.5. The minimum absolute atomic E-state index is 0.0832. The molecule has 1 atom stereocenters. The fourth-order valence-corrected chi connectivity index (χ4v) is 4.73. The van der Waals surface area contributed by atoms with Crippen molar-refractivity contribution in [1.82, 2.24) is 20.1 Å². The Morgan fingerprint density at radius 1 is 1.09 bits per heavy atom. The molecule has 0 saturated carbocycles. The summed E-state index contributed by atoms with van der Waals surface area (Å²) >= 11 is 1.39. The first-order chi connectivity index (χ1) is 16.7. The summed E-state index contributed by atoms with van der Waals surface area (Å²) in [4.78, 5) is 14.9. The summed E-state index contributed by atoms with van der Waals surface area (Å²) in [6, 6.07) is 19.8. The molecule has 2 aromatic carbocycles. The molecule has 3 heterocycles. The van der Waals surface area contributed by atoms with Gasteiger partial charge in [0, 0.05) is 18.5 Å². The lowest BCUT2D eigenvalue weighted by Gasteiger charge is -2.28. The maximum absolute atomic E-state index is 12.7. The number of para-hydroxylation sites is 1. The highest BCUT2D eigenvalue weighted by atomic mass is 32.2. The number of ether oxygens (including phenoxy) is 1. The summed E-state index contributed by atoms with van der Waals surface area (Å²) in [5.74, 6) is 1.70. The Kier molecular flexibility index (Phi) is 6.82. The Bertz CT molecular complexity index is 1220. The molecule has 1 saturated heterocycles. The van der Waals surface area contributed by atoms with Gasteiger partial charge in [-0.1, -0.05) is 60.3 Å². The zero-order chi connectivity index (χ0) is 23.3. The van der Waals surface area contributed by atoms with Crippen LogP contribution in [0.1, 0.15) is 24.3 Å². The number of aromatic nitrogens is 3. The summed E-state index contributed by atoms with van der Waals surface area (Å²) in [6.07, 6.45) is 0. The number of nitrogens with zero attached hydrogens (tertiary/aromatic N) is 4. The van der Waals surface area contributed by atoms with E-state index in [0.29, 0.717) is 19.8 Å². The predicted octanol–water partition coefficient (Wildman–Crippen LogP) is 3.88. The molecule has 0 radical (unpaired) electrons. The monoisotopic (exact) mass is 477 g/mol. The Morgan fingerprint density at radius 2 is 1.85 bits per heavy atom. The van der Waals surface area contributed by atoms with Crippen LogP contribution in [0.15, 0.2) is 70.2 Å². The Hall–Kier alpha value is -3.30. The Morgan fingerprint density at radius 3 is 2.65 bits per heavy atom. The van der Waals surface area contributed by atoms with Gasteiger partial charge in [-0.2, -0.15) is 0 Å². The number of fused-ring (bicyclic) bond motifs is 1. The summed E-state index contributed by atoms with van der Waals surface area (Å²) in [5, 5.41) is 13.7. The van der Waals surface area contributed by atoms with Crippen molar-refractivity contribution in [2.75, 3.05) is 37.0 Å². The molecule has 8 nitrogen and oxygen atoms in total. The van der Waals surface area contributed by atoms with Crippen molar-refractivity contribution in [3.63, 3.8) is 0 Å². The van der Waals surface area contributed by atoms with E-state index in [2.05, 4.69) is 37.1 Å². The van der Waals surface area contributed by atoms with Crippen molar-refractivity contribution in [3.8, 4) is 0 Å². The van der Waals surface area contributed by atoms with Gasteiger partial charge in [-0.05, 0) is 24.6 Å². The number of amides is 1. The molecule has 176 valence electrons. The number of benzene rings is 2. The lowest BCUT2D eigenvalue weighted by Crippen LogP contribution is -2.38. The molecular weight excluding hydrogens is 450 g/mol. The lowest BCUT2D eigenvalue weighted by atomic mass is 10.2. The maximum Gasteiger partial charge on any atom is 0.231 e. The predicted molar refractivity (Wildman–Crippen MR) is 132 cm³/mol. The smallest absolute Gasteiger partial charge is 0.231 e. The van der Waals surface area contributed by atoms with Gasteiger partial charge in [0.2, 0.25) is 11.9 Å². The molecule has 2 aromatic heterocycles. The van der Waals surface area contributed by atoms with Gasteiger partial charge < -0.3 is 19.4 Å². The average Bonchev–Trinajstić information content (AvgIpc) is 3.48. The van der Waals surface area contributed by atoms with Gasteiger partial charge in [-0.15, -0.1) is 10.2 Å². The van der Waals surface area contributed by atoms with E-state index in [1.807, 2.05) is 55.5 Å². The van der Waals surface area contributed by atoms with Gasteiger partial charge in [0.1, 0.15) is 11.3 Å². The van der Waals surface area contributed by atoms with Gasteiger partial charge in [0.15, 0.2) is 5.16 Å². The molecule has 4 aromatic rings. The van der Waals surface area contributed by atoms with Crippen LogP contribution in [0.3, 0.4) is 0 Å². The summed E-state index contributed by atoms with van der Waals surface area (Å²) in [7, 11) is 0. The van der Waals surface area contributed by atoms with Crippen LogP contribution in [0.2, 0.25) is 0 Å². The quantitative estimate of drug-likeness (QED) is 0.386. The van der Waals surface area contributed by atoms with E-state index in [4.69, 9.17) is 9.15 Å². The molecule has 1 amide bonds. The molecule has 0 spiro atoms. The van der Waals surface area contributed by atoms with Crippen LogP contribution >= 0.6 is 11.8 Å². The molecule has 5 rings (SSSR count). The van der Waals surface area contributed by atoms with Gasteiger partial charge >= 0.3 is 0 Å². The normalized spacial score (nSPS) is 14.9. The van der Waals surface area contributed by atoms with Crippen molar-refractivity contribution in [3.05, 3.63) is 72.0 Å². The van der Waals surface area contributed by atoms with Gasteiger partial charge in [0.25, 0.3) is 0 Å². The standard InChI is InChI=1S/C25H27N5O3S/c1-18(22-15-20-9-5-6-10-21(20)33-22)26-23(31)17-34-25-28-27-24(29-11-13-32-14-12-29)30(25)16-19-7-3-2-4-8-19/h2-10,15,18H,11-14,16-17H2,1H3,(H,26,31)/t18-/m1/s1. The van der Waals surface area contributed by atoms with E-state index < -0.39 is 0 Å². The second-order valence-corrected chi connectivity index (χ2v) is 9.16. The van der Waals surface area contributed by atoms with Gasteiger partial charge in [-0.25, -0.2) is 0 Å². The first-order valence-corrected chi connectivity index (χ1v) is 12.4. The van der Waals surface area contributed by atoms with Gasteiger partial charge in [0.05, 0.1) is 31.6 Å². The number of morpholine rings is 1. The van der Waals surface area contributed by atoms with Crippen LogP contribution in [-0.2, 0) is 16.1 Å². The minimum atomic E-state index is -0.230. The van der Waals surface area contributed by atoms with Crippen LogP contribution in [0, 0.1) is 0 Å². The third-order valence-corrected chi connectivity index (χ3v) is 6.72. The molecule has 9 heteroatoms. The second kappa shape index (κ2) is 10.3. The van der Waals surface area contributed by atoms with E-state index in [0.717, 1.165) is 46.5 Å². The highest BCUT2D eigenvalue weighted by Crippen LogP contribution is 2.26. The van der Waals surface area contributed by atoms with E-state index in [-0.39, 0.29) is 17.7 Å². The number of thioether (sulfide) groups is 1. The molecule has 0 unspecified atom stereocenters. The average molecular weight is 478 g/mol. The van der Waals surface area contributed by atoms with E-state index >= 15 is 0 Å². The number of carbonyl (C=O) groups excluding carboxylic acids is 1. The number of hydrogen-bond donors (Lipinski definition) is 1. The van der Waals surface area contributed by atoms with Gasteiger partial charge in [-0.3, -0.25) is 9.36 Å². The fourth-order valence-electron chi connectivity index (χ4n) is 3.99. The molecular formula is C25H27N5O3S. The van der Waals surface area contributed by atoms with Crippen LogP contribution in [-0.4, -0.2) is 52.7 Å². The van der Waals surface area contributed by atoms with Crippen molar-refractivity contribution >= 4 is 34.6 Å².